The minimum absolute atomic E-state index is 0.243. The first-order valence-electron chi connectivity index (χ1n) is 15.9. The number of halogens is 1. The number of rotatable bonds is 13. The lowest BCUT2D eigenvalue weighted by Crippen LogP contribution is -2.43. The van der Waals surface area contributed by atoms with Crippen molar-refractivity contribution in [3.63, 3.8) is 0 Å². The van der Waals surface area contributed by atoms with Gasteiger partial charge in [0.15, 0.2) is 0 Å². The fraction of sp³-hybridized carbons (Fsp3) is 0.273. The zero-order chi connectivity index (χ0) is 35.1. The van der Waals surface area contributed by atoms with E-state index in [0.717, 1.165) is 51.5 Å². The van der Waals surface area contributed by atoms with Crippen LogP contribution in [0.25, 0.3) is 11.0 Å². The third-order valence-electron chi connectivity index (χ3n) is 8.32. The fourth-order valence-corrected chi connectivity index (χ4v) is 6.53. The monoisotopic (exact) mass is 700 g/mol. The zero-order valence-electron chi connectivity index (χ0n) is 27.3. The van der Waals surface area contributed by atoms with Crippen LogP contribution in [0.5, 0.6) is 0 Å². The first-order chi connectivity index (χ1) is 24.2. The van der Waals surface area contributed by atoms with Crippen LogP contribution in [0.4, 0.5) is 21.6 Å². The van der Waals surface area contributed by atoms with Crippen LogP contribution < -0.4 is 16.4 Å². The van der Waals surface area contributed by atoms with Gasteiger partial charge in [0, 0.05) is 51.2 Å². The zero-order valence-corrected chi connectivity index (χ0v) is 28.1. The normalized spacial score (nSPS) is 14.6. The summed E-state index contributed by atoms with van der Waals surface area (Å²) in [5.41, 5.74) is 8.79. The number of aryl methyl sites for hydroxylation is 2. The Morgan fingerprint density at radius 2 is 1.88 bits per heavy atom. The van der Waals surface area contributed by atoms with E-state index < -0.39 is 15.8 Å². The number of piperazine rings is 1. The van der Waals surface area contributed by atoms with Gasteiger partial charge in [-0.2, -0.15) is 13.5 Å². The van der Waals surface area contributed by atoms with Crippen molar-refractivity contribution in [1.82, 2.24) is 34.5 Å². The molecule has 1 saturated heterocycles. The van der Waals surface area contributed by atoms with Gasteiger partial charge in [-0.3, -0.25) is 14.8 Å². The third-order valence-corrected chi connectivity index (χ3v) is 9.52. The highest BCUT2D eigenvalue weighted by atomic mass is 32.2. The number of likely N-dealkylation sites (N-methyl/N-ethyl adjacent to an activating group) is 1. The Kier molecular flexibility index (Phi) is 10.5. The number of hydrogen-bond donors (Lipinski definition) is 4. The first kappa shape index (κ1) is 34.3. The Morgan fingerprint density at radius 1 is 1.08 bits per heavy atom. The molecule has 0 aliphatic carbocycles. The van der Waals surface area contributed by atoms with Gasteiger partial charge in [-0.15, -0.1) is 4.40 Å². The van der Waals surface area contributed by atoms with Crippen molar-refractivity contribution in [2.45, 2.75) is 30.8 Å². The second-order valence-corrected chi connectivity index (χ2v) is 13.5. The van der Waals surface area contributed by atoms with Crippen molar-refractivity contribution < 1.29 is 17.6 Å². The lowest BCUT2D eigenvalue weighted by Gasteiger charge is -2.32. The molecule has 260 valence electrons. The Labute approximate surface area is 288 Å². The predicted octanol–water partition coefficient (Wildman–Crippen LogP) is 3.37. The molecule has 0 spiro atoms. The van der Waals surface area contributed by atoms with Crippen LogP contribution >= 0.6 is 0 Å². The summed E-state index contributed by atoms with van der Waals surface area (Å²) in [5, 5.41) is 13.7. The van der Waals surface area contributed by atoms with Crippen LogP contribution in [0.3, 0.4) is 0 Å². The van der Waals surface area contributed by atoms with Gasteiger partial charge < -0.3 is 25.8 Å². The topological polar surface area (TPSA) is 192 Å². The third kappa shape index (κ3) is 8.36. The predicted molar refractivity (Wildman–Crippen MR) is 190 cm³/mol. The Hall–Kier alpha value is -5.52. The molecule has 1 aliphatic rings. The maximum atomic E-state index is 14.3. The van der Waals surface area contributed by atoms with E-state index in [9.17, 15) is 17.6 Å². The molecule has 0 saturated carbocycles. The molecule has 5 N–H and O–H groups in total. The van der Waals surface area contributed by atoms with Gasteiger partial charge in [-0.1, -0.05) is 12.1 Å². The Morgan fingerprint density at radius 3 is 2.66 bits per heavy atom. The van der Waals surface area contributed by atoms with Crippen LogP contribution in [0, 0.1) is 5.82 Å². The number of carbonyl (C=O) groups excluding carboxylic acids is 1. The highest BCUT2D eigenvalue weighted by molar-refractivity contribution is 7.90. The number of aromatic nitrogens is 5. The number of H-pyrrole nitrogens is 1. The molecule has 1 aliphatic heterocycles. The summed E-state index contributed by atoms with van der Waals surface area (Å²) >= 11 is 0. The van der Waals surface area contributed by atoms with Gasteiger partial charge in [0.05, 0.1) is 28.5 Å². The molecule has 4 heterocycles. The molecule has 15 nitrogen and oxygen atoms in total. The van der Waals surface area contributed by atoms with E-state index in [4.69, 9.17) is 5.73 Å². The number of nitrogens with zero attached hydrogens (tertiary/aromatic N) is 8. The number of amides is 1. The van der Waals surface area contributed by atoms with E-state index >= 15 is 0 Å². The second-order valence-electron chi connectivity index (χ2n) is 11.9. The largest absolute Gasteiger partial charge is 0.390 e. The quantitative estimate of drug-likeness (QED) is 0.105. The molecule has 5 aromatic rings. The summed E-state index contributed by atoms with van der Waals surface area (Å²) in [6.45, 7) is 5.56. The van der Waals surface area contributed by atoms with E-state index in [1.807, 2.05) is 41.1 Å². The molecule has 0 atom stereocenters. The summed E-state index contributed by atoms with van der Waals surface area (Å²) in [6, 6.07) is 13.3. The van der Waals surface area contributed by atoms with Gasteiger partial charge >= 0.3 is 0 Å². The van der Waals surface area contributed by atoms with Crippen molar-refractivity contribution in [3.05, 3.63) is 89.9 Å². The molecule has 17 heteroatoms. The number of carbonyl (C=O) groups is 1. The van der Waals surface area contributed by atoms with Crippen LogP contribution in [0.2, 0.25) is 0 Å². The molecule has 3 aromatic heterocycles. The van der Waals surface area contributed by atoms with Gasteiger partial charge in [0.25, 0.3) is 15.9 Å². The van der Waals surface area contributed by atoms with Gasteiger partial charge in [-0.25, -0.2) is 19.4 Å². The van der Waals surface area contributed by atoms with Gasteiger partial charge in [-0.05, 0) is 67.4 Å². The summed E-state index contributed by atoms with van der Waals surface area (Å²) in [5.74, 6) is -0.559. The van der Waals surface area contributed by atoms with E-state index in [1.165, 1.54) is 30.2 Å². The molecule has 1 amide bonds. The molecule has 0 bridgehead atoms. The van der Waals surface area contributed by atoms with Crippen molar-refractivity contribution in [3.8, 4) is 0 Å². The summed E-state index contributed by atoms with van der Waals surface area (Å²) in [6.07, 6.45) is 7.44. The minimum Gasteiger partial charge on any atom is -0.390 e. The van der Waals surface area contributed by atoms with Crippen LogP contribution in [-0.4, -0.2) is 94.8 Å². The lowest BCUT2D eigenvalue weighted by atomic mass is 10.1. The lowest BCUT2D eigenvalue weighted by molar-refractivity contribution is 0.102. The number of benzene rings is 2. The second kappa shape index (κ2) is 15.4. The average Bonchev–Trinajstić information content (AvgIpc) is 3.74. The molecular weight excluding hydrogens is 664 g/mol. The highest BCUT2D eigenvalue weighted by Crippen LogP contribution is 2.26. The minimum atomic E-state index is -4.14. The van der Waals surface area contributed by atoms with Crippen molar-refractivity contribution in [2.75, 3.05) is 43.9 Å². The van der Waals surface area contributed by atoms with E-state index in [1.54, 1.807) is 0 Å². The van der Waals surface area contributed by atoms with Crippen molar-refractivity contribution in [1.29, 1.82) is 0 Å². The molecule has 0 unspecified atom stereocenters. The number of nitrogens with two attached hydrogens (primary N) is 1. The molecule has 1 fully saturated rings. The number of aromatic amines is 1. The van der Waals surface area contributed by atoms with Crippen LogP contribution in [0.15, 0.2) is 81.5 Å². The van der Waals surface area contributed by atoms with E-state index in [-0.39, 0.29) is 16.5 Å². The average molecular weight is 701 g/mol. The number of fused-ring (bicyclic) bond motifs is 1. The van der Waals surface area contributed by atoms with Gasteiger partial charge in [0.1, 0.15) is 35.6 Å². The van der Waals surface area contributed by atoms with Crippen molar-refractivity contribution in [2.24, 2.45) is 15.1 Å². The SMILES string of the molecule is CN1CCN(Cc2ccc(NC(=O)c3[nH]ncc3Nc3ncnc4c3ccn4CCCc3cc(F)cc(S(=O)(=O)/N=C/N=CN)c3)cc2)CC1. The maximum Gasteiger partial charge on any atom is 0.283 e. The first-order valence-corrected chi connectivity index (χ1v) is 17.4. The Balaban J connectivity index is 1.08. The van der Waals surface area contributed by atoms with E-state index in [0.29, 0.717) is 53.2 Å². The number of hydrogen-bond acceptors (Lipinski definition) is 9. The summed E-state index contributed by atoms with van der Waals surface area (Å²) in [7, 11) is -2.00. The van der Waals surface area contributed by atoms with Crippen LogP contribution in [0.1, 0.15) is 28.0 Å². The smallest absolute Gasteiger partial charge is 0.283 e. The molecule has 6 rings (SSSR count). The highest BCUT2D eigenvalue weighted by Gasteiger charge is 2.19. The summed E-state index contributed by atoms with van der Waals surface area (Å²) < 4.78 is 44.5. The fourth-order valence-electron chi connectivity index (χ4n) is 5.67. The number of aliphatic imine (C=N–C) groups is 1. The number of nitrogens with one attached hydrogen (secondary N) is 3. The Bertz CT molecular complexity index is 2120. The molecule has 2 aromatic carbocycles. The van der Waals surface area contributed by atoms with Crippen LogP contribution in [-0.2, 0) is 29.5 Å². The summed E-state index contributed by atoms with van der Waals surface area (Å²) in [4.78, 5) is 30.0. The van der Waals surface area contributed by atoms with E-state index in [2.05, 4.69) is 57.0 Å². The standard InChI is InChI=1S/C33H37FN12O3S/c1-44-11-13-45(14-12-44)19-23-4-6-26(7-5-23)41-33(47)30-29(18-39-43-30)42-31-28-8-10-46(32(28)38-22-37-31)9-2-3-24-15-25(34)17-27(16-24)50(48,49)40-21-36-20-35/h4-8,10,15-18,20-22H,2-3,9,11-14,19H2,1H3,(H,39,43)(H,41,47)(H2,35,36,40)(H,37,38,42). The number of anilines is 3. The van der Waals surface area contributed by atoms with Crippen molar-refractivity contribution >= 4 is 56.8 Å². The molecule has 50 heavy (non-hydrogen) atoms. The number of sulfonamides is 1. The molecule has 0 radical (unpaired) electrons. The molecular formula is C33H37FN12O3S. The van der Waals surface area contributed by atoms with Gasteiger partial charge in [0.2, 0.25) is 0 Å². The maximum absolute atomic E-state index is 14.3.